The molecular formula is C24H24ClN3O4S. The molecule has 2 aliphatic rings. The van der Waals surface area contributed by atoms with Gasteiger partial charge in [-0.2, -0.15) is 0 Å². The average Bonchev–Trinajstić information content (AvgIpc) is 3.29. The number of nitrogens with zero attached hydrogens (tertiary/aromatic N) is 3. The highest BCUT2D eigenvalue weighted by atomic mass is 35.5. The maximum Gasteiger partial charge on any atom is 0.264 e. The van der Waals surface area contributed by atoms with Crippen LogP contribution in [0.4, 0.5) is 5.69 Å². The molecule has 2 aliphatic heterocycles. The zero-order chi connectivity index (χ0) is 22.8. The third kappa shape index (κ3) is 4.64. The van der Waals surface area contributed by atoms with Crippen LogP contribution in [-0.4, -0.2) is 44.2 Å². The summed E-state index contributed by atoms with van der Waals surface area (Å²) in [7, 11) is -3.82. The monoisotopic (exact) mass is 485 g/mol. The van der Waals surface area contributed by atoms with Crippen LogP contribution in [0.3, 0.4) is 0 Å². The van der Waals surface area contributed by atoms with Crippen molar-refractivity contribution in [3.8, 4) is 11.5 Å². The summed E-state index contributed by atoms with van der Waals surface area (Å²) in [5, 5.41) is 0.492. The van der Waals surface area contributed by atoms with Gasteiger partial charge in [-0.05, 0) is 61.4 Å². The van der Waals surface area contributed by atoms with E-state index in [0.29, 0.717) is 35.1 Å². The Morgan fingerprint density at radius 1 is 1.00 bits per heavy atom. The molecule has 0 amide bonds. The van der Waals surface area contributed by atoms with E-state index in [0.717, 1.165) is 25.3 Å². The fraction of sp³-hybridized carbons (Fsp3) is 0.292. The van der Waals surface area contributed by atoms with Crippen LogP contribution in [0.1, 0.15) is 18.5 Å². The number of ether oxygens (including phenoxy) is 2. The van der Waals surface area contributed by atoms with Crippen molar-refractivity contribution in [2.24, 2.45) is 0 Å². The molecule has 0 unspecified atom stereocenters. The topological polar surface area (TPSA) is 72.0 Å². The fourth-order valence-electron chi connectivity index (χ4n) is 4.32. The molecule has 0 bridgehead atoms. The van der Waals surface area contributed by atoms with Crippen molar-refractivity contribution in [2.45, 2.75) is 30.3 Å². The van der Waals surface area contributed by atoms with E-state index in [1.54, 1.807) is 48.7 Å². The second kappa shape index (κ2) is 9.21. The second-order valence-electron chi connectivity index (χ2n) is 8.12. The van der Waals surface area contributed by atoms with E-state index >= 15 is 0 Å². The highest BCUT2D eigenvalue weighted by molar-refractivity contribution is 7.92. The molecule has 3 aromatic rings. The summed E-state index contributed by atoms with van der Waals surface area (Å²) in [4.78, 5) is 6.93. The van der Waals surface area contributed by atoms with Crippen LogP contribution in [0, 0.1) is 0 Å². The van der Waals surface area contributed by atoms with Crippen LogP contribution in [0.2, 0.25) is 5.02 Å². The number of rotatable bonds is 6. The molecule has 9 heteroatoms. The van der Waals surface area contributed by atoms with Gasteiger partial charge in [0.2, 0.25) is 6.79 Å². The number of aromatic nitrogens is 1. The molecule has 0 radical (unpaired) electrons. The minimum absolute atomic E-state index is 0.134. The molecule has 1 aromatic heterocycles. The van der Waals surface area contributed by atoms with E-state index < -0.39 is 10.0 Å². The van der Waals surface area contributed by atoms with Crippen molar-refractivity contribution >= 4 is 27.3 Å². The van der Waals surface area contributed by atoms with E-state index in [1.165, 1.54) is 4.31 Å². The normalized spacial score (nSPS) is 16.6. The number of hydrogen-bond donors (Lipinski definition) is 0. The Labute approximate surface area is 198 Å². The fourth-order valence-corrected chi connectivity index (χ4v) is 6.15. The first-order valence-electron chi connectivity index (χ1n) is 10.8. The molecular weight excluding hydrogens is 462 g/mol. The minimum Gasteiger partial charge on any atom is -0.454 e. The van der Waals surface area contributed by atoms with Crippen LogP contribution < -0.4 is 13.8 Å². The van der Waals surface area contributed by atoms with Crippen LogP contribution >= 0.6 is 11.6 Å². The molecule has 1 fully saturated rings. The molecule has 0 spiro atoms. The van der Waals surface area contributed by atoms with Crippen molar-refractivity contribution in [1.29, 1.82) is 0 Å². The van der Waals surface area contributed by atoms with Gasteiger partial charge in [0.15, 0.2) is 11.5 Å². The Morgan fingerprint density at radius 2 is 1.76 bits per heavy atom. The summed E-state index contributed by atoms with van der Waals surface area (Å²) in [6.07, 6.45) is 3.20. The van der Waals surface area contributed by atoms with Crippen LogP contribution in [0.25, 0.3) is 0 Å². The van der Waals surface area contributed by atoms with Crippen molar-refractivity contribution in [3.63, 3.8) is 0 Å². The van der Waals surface area contributed by atoms with Gasteiger partial charge in [-0.1, -0.05) is 17.7 Å². The number of fused-ring (bicyclic) bond motifs is 1. The highest BCUT2D eigenvalue weighted by Gasteiger charge is 2.35. The number of piperidine rings is 1. The second-order valence-corrected chi connectivity index (χ2v) is 10.4. The predicted octanol–water partition coefficient (Wildman–Crippen LogP) is 4.32. The van der Waals surface area contributed by atoms with Crippen LogP contribution in [0.5, 0.6) is 11.5 Å². The lowest BCUT2D eigenvalue weighted by Gasteiger charge is -2.39. The van der Waals surface area contributed by atoms with Crippen molar-refractivity contribution in [3.05, 3.63) is 77.6 Å². The molecule has 5 rings (SSSR count). The summed E-state index contributed by atoms with van der Waals surface area (Å²) >= 11 is 6.00. The number of likely N-dealkylation sites (tertiary alicyclic amines) is 1. The zero-order valence-electron chi connectivity index (χ0n) is 17.9. The Bertz CT molecular complexity index is 1210. The van der Waals surface area contributed by atoms with Gasteiger partial charge in [0.1, 0.15) is 0 Å². The van der Waals surface area contributed by atoms with E-state index in [9.17, 15) is 8.42 Å². The van der Waals surface area contributed by atoms with Gasteiger partial charge in [-0.25, -0.2) is 8.42 Å². The molecule has 0 N–H and O–H groups in total. The summed E-state index contributed by atoms with van der Waals surface area (Å²) in [5.41, 5.74) is 1.58. The van der Waals surface area contributed by atoms with Gasteiger partial charge in [-0.15, -0.1) is 0 Å². The minimum atomic E-state index is -3.82. The van der Waals surface area contributed by atoms with Crippen LogP contribution in [-0.2, 0) is 16.6 Å². The average molecular weight is 486 g/mol. The van der Waals surface area contributed by atoms with E-state index in [-0.39, 0.29) is 17.7 Å². The third-order valence-electron chi connectivity index (χ3n) is 5.98. The lowest BCUT2D eigenvalue weighted by atomic mass is 10.0. The molecule has 0 aliphatic carbocycles. The van der Waals surface area contributed by atoms with Crippen LogP contribution in [0.15, 0.2) is 71.8 Å². The molecule has 172 valence electrons. The van der Waals surface area contributed by atoms with Crippen molar-refractivity contribution < 1.29 is 17.9 Å². The lowest BCUT2D eigenvalue weighted by Crippen LogP contribution is -2.47. The number of pyridine rings is 1. The maximum atomic E-state index is 13.8. The Balaban J connectivity index is 1.43. The number of hydrogen-bond acceptors (Lipinski definition) is 6. The van der Waals surface area contributed by atoms with E-state index in [1.807, 2.05) is 18.2 Å². The van der Waals surface area contributed by atoms with E-state index in [4.69, 9.17) is 21.1 Å². The zero-order valence-corrected chi connectivity index (χ0v) is 19.5. The number of sulfonamides is 1. The Morgan fingerprint density at radius 3 is 2.48 bits per heavy atom. The number of halogens is 1. The number of anilines is 1. The SMILES string of the molecule is O=S(=O)(c1ccc(Cl)cc1)N(c1ccc2c(c1)OCO2)C1CCN(Cc2ccccn2)CC1. The largest absolute Gasteiger partial charge is 0.454 e. The maximum absolute atomic E-state index is 13.8. The first-order valence-corrected chi connectivity index (χ1v) is 12.6. The third-order valence-corrected chi connectivity index (χ3v) is 8.13. The molecule has 0 atom stereocenters. The Hall–Kier alpha value is -2.81. The summed E-state index contributed by atoms with van der Waals surface area (Å²) in [5.74, 6) is 1.17. The highest BCUT2D eigenvalue weighted by Crippen LogP contribution is 2.39. The predicted molar refractivity (Wildman–Crippen MR) is 126 cm³/mol. The van der Waals surface area contributed by atoms with Gasteiger partial charge < -0.3 is 9.47 Å². The smallest absolute Gasteiger partial charge is 0.264 e. The Kier molecular flexibility index (Phi) is 6.14. The van der Waals surface area contributed by atoms with Gasteiger partial charge in [0.05, 0.1) is 16.3 Å². The molecule has 7 nitrogen and oxygen atoms in total. The standard InChI is InChI=1S/C24H24ClN3O4S/c25-18-4-7-22(8-5-18)33(29,30)28(21-6-9-23-24(15-21)32-17-31-23)20-10-13-27(14-11-20)16-19-3-1-2-12-26-19/h1-9,12,15,20H,10-11,13-14,16-17H2. The summed E-state index contributed by atoms with van der Waals surface area (Å²) in [6, 6.07) is 17.3. The molecule has 1 saturated heterocycles. The van der Waals surface area contributed by atoms with Crippen molar-refractivity contribution in [2.75, 3.05) is 24.2 Å². The summed E-state index contributed by atoms with van der Waals surface area (Å²) in [6.45, 7) is 2.44. The molecule has 0 saturated carbocycles. The lowest BCUT2D eigenvalue weighted by molar-refractivity contribution is 0.174. The van der Waals surface area contributed by atoms with Gasteiger partial charge in [-0.3, -0.25) is 14.2 Å². The first kappa shape index (κ1) is 22.0. The molecule has 3 heterocycles. The summed E-state index contributed by atoms with van der Waals surface area (Å²) < 4.78 is 40.1. The molecule has 33 heavy (non-hydrogen) atoms. The number of benzene rings is 2. The van der Waals surface area contributed by atoms with Gasteiger partial charge >= 0.3 is 0 Å². The van der Waals surface area contributed by atoms with Gasteiger partial charge in [0.25, 0.3) is 10.0 Å². The molecule has 2 aromatic carbocycles. The van der Waals surface area contributed by atoms with E-state index in [2.05, 4.69) is 9.88 Å². The quantitative estimate of drug-likeness (QED) is 0.517. The first-order chi connectivity index (χ1) is 16.0. The van der Waals surface area contributed by atoms with Crippen molar-refractivity contribution in [1.82, 2.24) is 9.88 Å². The van der Waals surface area contributed by atoms with Gasteiger partial charge in [0, 0.05) is 43.0 Å².